The number of benzene rings is 2. The Labute approximate surface area is 98.0 Å². The first-order valence-electron chi connectivity index (χ1n) is 5.06. The Morgan fingerprint density at radius 1 is 0.706 bits per heavy atom. The molecule has 0 aliphatic carbocycles. The van der Waals surface area contributed by atoms with Gasteiger partial charge in [0.2, 0.25) is 11.5 Å². The summed E-state index contributed by atoms with van der Waals surface area (Å²) in [7, 11) is 0. The standard InChI is InChI=1S/C13H12O4/c1-7-9(8-5-3-2-4-6-8)11(15)13(17)12(16)10(7)14/h2-6,14-17H,1H3. The third-order valence-electron chi connectivity index (χ3n) is 2.70. The second-order valence-corrected chi connectivity index (χ2v) is 3.76. The second kappa shape index (κ2) is 3.90. The van der Waals surface area contributed by atoms with Crippen LogP contribution in [0.2, 0.25) is 0 Å². The summed E-state index contributed by atoms with van der Waals surface area (Å²) in [6, 6.07) is 8.83. The normalized spacial score (nSPS) is 10.4. The molecule has 0 aliphatic rings. The zero-order chi connectivity index (χ0) is 12.6. The Kier molecular flexibility index (Phi) is 2.55. The molecule has 0 amide bonds. The van der Waals surface area contributed by atoms with E-state index in [9.17, 15) is 20.4 Å². The van der Waals surface area contributed by atoms with Crippen LogP contribution in [-0.4, -0.2) is 20.4 Å². The quantitative estimate of drug-likeness (QED) is 0.450. The molecule has 0 unspecified atom stereocenters. The van der Waals surface area contributed by atoms with E-state index in [1.807, 2.05) is 6.07 Å². The second-order valence-electron chi connectivity index (χ2n) is 3.76. The van der Waals surface area contributed by atoms with Gasteiger partial charge in [-0.3, -0.25) is 0 Å². The lowest BCUT2D eigenvalue weighted by Crippen LogP contribution is -1.87. The monoisotopic (exact) mass is 232 g/mol. The molecule has 0 aliphatic heterocycles. The van der Waals surface area contributed by atoms with Crippen molar-refractivity contribution in [3.05, 3.63) is 35.9 Å². The lowest BCUT2D eigenvalue weighted by Gasteiger charge is -2.13. The van der Waals surface area contributed by atoms with Gasteiger partial charge in [-0.2, -0.15) is 0 Å². The average Bonchev–Trinajstić information content (AvgIpc) is 2.36. The Bertz CT molecular complexity index is 532. The van der Waals surface area contributed by atoms with Crippen LogP contribution in [0, 0.1) is 6.92 Å². The van der Waals surface area contributed by atoms with E-state index in [2.05, 4.69) is 0 Å². The van der Waals surface area contributed by atoms with Crippen LogP contribution in [0.15, 0.2) is 30.3 Å². The molecule has 0 bridgehead atoms. The zero-order valence-electron chi connectivity index (χ0n) is 9.18. The van der Waals surface area contributed by atoms with Gasteiger partial charge in [0, 0.05) is 11.1 Å². The molecule has 88 valence electrons. The fraction of sp³-hybridized carbons (Fsp3) is 0.0769. The molecule has 4 N–H and O–H groups in total. The minimum absolute atomic E-state index is 0.304. The van der Waals surface area contributed by atoms with Crippen LogP contribution < -0.4 is 0 Å². The van der Waals surface area contributed by atoms with Crippen LogP contribution in [0.5, 0.6) is 23.0 Å². The van der Waals surface area contributed by atoms with Crippen molar-refractivity contribution < 1.29 is 20.4 Å². The average molecular weight is 232 g/mol. The topological polar surface area (TPSA) is 80.9 Å². The third kappa shape index (κ3) is 1.63. The maximum absolute atomic E-state index is 9.82. The lowest BCUT2D eigenvalue weighted by molar-refractivity contribution is 0.345. The van der Waals surface area contributed by atoms with Crippen molar-refractivity contribution in [1.82, 2.24) is 0 Å². The summed E-state index contributed by atoms with van der Waals surface area (Å²) >= 11 is 0. The SMILES string of the molecule is Cc1c(O)c(O)c(O)c(O)c1-c1ccccc1. The highest BCUT2D eigenvalue weighted by atomic mass is 16.3. The summed E-state index contributed by atoms with van der Waals surface area (Å²) in [4.78, 5) is 0. The van der Waals surface area contributed by atoms with Crippen molar-refractivity contribution in [2.75, 3.05) is 0 Å². The summed E-state index contributed by atoms with van der Waals surface area (Å²) < 4.78 is 0. The highest BCUT2D eigenvalue weighted by Crippen LogP contribution is 2.50. The molecule has 0 fully saturated rings. The fourth-order valence-corrected chi connectivity index (χ4v) is 1.77. The van der Waals surface area contributed by atoms with E-state index in [0.29, 0.717) is 16.7 Å². The van der Waals surface area contributed by atoms with Crippen LogP contribution in [0.4, 0.5) is 0 Å². The minimum atomic E-state index is -0.716. The van der Waals surface area contributed by atoms with Crippen LogP contribution in [0.1, 0.15) is 5.56 Å². The van der Waals surface area contributed by atoms with E-state index in [-0.39, 0.29) is 0 Å². The molecular weight excluding hydrogens is 220 g/mol. The first-order valence-corrected chi connectivity index (χ1v) is 5.06. The van der Waals surface area contributed by atoms with Gasteiger partial charge < -0.3 is 20.4 Å². The van der Waals surface area contributed by atoms with Gasteiger partial charge in [0.15, 0.2) is 11.5 Å². The number of phenolic OH excluding ortho intramolecular Hbond substituents is 4. The Balaban J connectivity index is 2.80. The highest BCUT2D eigenvalue weighted by molar-refractivity contribution is 5.81. The predicted molar refractivity (Wildman–Crippen MR) is 63.3 cm³/mol. The molecule has 0 saturated carbocycles. The highest BCUT2D eigenvalue weighted by Gasteiger charge is 2.21. The molecule has 0 saturated heterocycles. The van der Waals surface area contributed by atoms with Gasteiger partial charge >= 0.3 is 0 Å². The first kappa shape index (κ1) is 11.1. The molecule has 0 aromatic heterocycles. The molecular formula is C13H12O4. The van der Waals surface area contributed by atoms with Gasteiger partial charge in [-0.05, 0) is 12.5 Å². The summed E-state index contributed by atoms with van der Waals surface area (Å²) in [6.07, 6.45) is 0. The molecule has 0 heterocycles. The van der Waals surface area contributed by atoms with Crippen molar-refractivity contribution in [3.8, 4) is 34.1 Å². The fourth-order valence-electron chi connectivity index (χ4n) is 1.77. The number of hydrogen-bond acceptors (Lipinski definition) is 4. The molecule has 0 spiro atoms. The third-order valence-corrected chi connectivity index (χ3v) is 2.70. The number of hydrogen-bond donors (Lipinski definition) is 4. The van der Waals surface area contributed by atoms with Crippen LogP contribution in [0.25, 0.3) is 11.1 Å². The van der Waals surface area contributed by atoms with E-state index in [1.54, 1.807) is 31.2 Å². The maximum Gasteiger partial charge on any atom is 0.204 e. The van der Waals surface area contributed by atoms with Crippen molar-refractivity contribution >= 4 is 0 Å². The largest absolute Gasteiger partial charge is 0.504 e. The molecule has 2 rings (SSSR count). The van der Waals surface area contributed by atoms with Gasteiger partial charge in [0.25, 0.3) is 0 Å². The van der Waals surface area contributed by atoms with Crippen LogP contribution >= 0.6 is 0 Å². The number of rotatable bonds is 1. The number of phenols is 4. The van der Waals surface area contributed by atoms with Gasteiger partial charge in [-0.1, -0.05) is 30.3 Å². The Morgan fingerprint density at radius 2 is 1.24 bits per heavy atom. The van der Waals surface area contributed by atoms with Crippen LogP contribution in [-0.2, 0) is 0 Å². The van der Waals surface area contributed by atoms with E-state index < -0.39 is 23.0 Å². The van der Waals surface area contributed by atoms with Crippen molar-refractivity contribution in [3.63, 3.8) is 0 Å². The molecule has 0 radical (unpaired) electrons. The Hall–Kier alpha value is -2.36. The minimum Gasteiger partial charge on any atom is -0.504 e. The summed E-state index contributed by atoms with van der Waals surface area (Å²) in [6.45, 7) is 1.55. The molecule has 2 aromatic rings. The molecule has 4 nitrogen and oxygen atoms in total. The number of aromatic hydroxyl groups is 4. The first-order chi connectivity index (χ1) is 8.04. The maximum atomic E-state index is 9.82. The Morgan fingerprint density at radius 3 is 1.82 bits per heavy atom. The van der Waals surface area contributed by atoms with E-state index >= 15 is 0 Å². The predicted octanol–water partition coefficient (Wildman–Crippen LogP) is 2.48. The van der Waals surface area contributed by atoms with Gasteiger partial charge in [0.1, 0.15) is 0 Å². The molecule has 17 heavy (non-hydrogen) atoms. The zero-order valence-corrected chi connectivity index (χ0v) is 9.18. The van der Waals surface area contributed by atoms with Crippen molar-refractivity contribution in [2.45, 2.75) is 6.92 Å². The van der Waals surface area contributed by atoms with Gasteiger partial charge in [0.05, 0.1) is 0 Å². The van der Waals surface area contributed by atoms with E-state index in [1.165, 1.54) is 0 Å². The van der Waals surface area contributed by atoms with E-state index in [4.69, 9.17) is 0 Å². The smallest absolute Gasteiger partial charge is 0.204 e. The molecule has 0 atom stereocenters. The molecule has 4 heteroatoms. The van der Waals surface area contributed by atoms with Crippen molar-refractivity contribution in [1.29, 1.82) is 0 Å². The van der Waals surface area contributed by atoms with Crippen molar-refractivity contribution in [2.24, 2.45) is 0 Å². The summed E-state index contributed by atoms with van der Waals surface area (Å²) in [5.74, 6) is -2.30. The summed E-state index contributed by atoms with van der Waals surface area (Å²) in [5.41, 5.74) is 1.26. The molecule has 2 aromatic carbocycles. The van der Waals surface area contributed by atoms with E-state index in [0.717, 1.165) is 0 Å². The van der Waals surface area contributed by atoms with Gasteiger partial charge in [-0.15, -0.1) is 0 Å². The van der Waals surface area contributed by atoms with Gasteiger partial charge in [-0.25, -0.2) is 0 Å². The summed E-state index contributed by atoms with van der Waals surface area (Å²) in [5, 5.41) is 38.3. The lowest BCUT2D eigenvalue weighted by atomic mass is 9.97. The van der Waals surface area contributed by atoms with Crippen LogP contribution in [0.3, 0.4) is 0 Å².